The third-order valence-electron chi connectivity index (χ3n) is 11.9. The quantitative estimate of drug-likeness (QED) is 0.184. The summed E-state index contributed by atoms with van der Waals surface area (Å²) in [6.07, 6.45) is 9.72. The molecule has 8 rings (SSSR count). The summed E-state index contributed by atoms with van der Waals surface area (Å²) < 4.78 is 37.0. The first-order valence-corrected chi connectivity index (χ1v) is 19.6. The van der Waals surface area contributed by atoms with Gasteiger partial charge in [-0.05, 0) is 70.3 Å². The van der Waals surface area contributed by atoms with Crippen LogP contribution in [0.4, 0.5) is 8.78 Å². The lowest BCUT2D eigenvalue weighted by Crippen LogP contribution is -2.45. The van der Waals surface area contributed by atoms with Crippen molar-refractivity contribution in [1.29, 1.82) is 0 Å². The minimum Gasteiger partial charge on any atom is -0.394 e. The molecular weight excluding hydrogens is 696 g/mol. The van der Waals surface area contributed by atoms with E-state index in [1.54, 1.807) is 10.9 Å². The molecule has 1 unspecified atom stereocenters. The molecule has 1 aromatic carbocycles. The van der Waals surface area contributed by atoms with Gasteiger partial charge in [0, 0.05) is 49.3 Å². The molecule has 4 aromatic rings. The Morgan fingerprint density at radius 1 is 1.02 bits per heavy atom. The van der Waals surface area contributed by atoms with Crippen LogP contribution in [0.5, 0.6) is 0 Å². The highest BCUT2D eigenvalue weighted by molar-refractivity contribution is 5.79. The maximum absolute atomic E-state index is 13.6. The zero-order valence-corrected chi connectivity index (χ0v) is 31.4. The number of aryl methyl sites for hydroxylation is 1. The molecule has 3 aliphatic heterocycles. The number of hydrogen-bond donors (Lipinski definition) is 3. The number of carbonyl (C=O) groups is 1. The van der Waals surface area contributed by atoms with Gasteiger partial charge in [0.15, 0.2) is 11.2 Å². The molecule has 4 aliphatic rings. The molecule has 292 valence electrons. The van der Waals surface area contributed by atoms with Gasteiger partial charge in [-0.1, -0.05) is 44.2 Å². The molecule has 3 aromatic heterocycles. The summed E-state index contributed by atoms with van der Waals surface area (Å²) in [5.74, 6) is -0.572. The molecule has 6 heterocycles. The molecule has 1 aliphatic carbocycles. The summed E-state index contributed by atoms with van der Waals surface area (Å²) in [7, 11) is 0. The zero-order chi connectivity index (χ0) is 38.0. The van der Waals surface area contributed by atoms with Gasteiger partial charge in [-0.15, -0.1) is 10.2 Å². The molecule has 1 saturated carbocycles. The topological polar surface area (TPSA) is 156 Å². The molecule has 2 bridgehead atoms. The smallest absolute Gasteiger partial charge is 0.278 e. The second-order valence-electron chi connectivity index (χ2n) is 15.8. The summed E-state index contributed by atoms with van der Waals surface area (Å²) in [4.78, 5) is 37.8. The Morgan fingerprint density at radius 2 is 1.74 bits per heavy atom. The van der Waals surface area contributed by atoms with E-state index >= 15 is 0 Å². The van der Waals surface area contributed by atoms with Crippen molar-refractivity contribution in [3.63, 3.8) is 0 Å². The zero-order valence-electron chi connectivity index (χ0n) is 31.4. The lowest BCUT2D eigenvalue weighted by molar-refractivity contribution is -0.130. The van der Waals surface area contributed by atoms with Crippen LogP contribution in [0.3, 0.4) is 0 Å². The molecule has 3 N–H and O–H groups in total. The van der Waals surface area contributed by atoms with Crippen LogP contribution in [0.2, 0.25) is 0 Å². The van der Waals surface area contributed by atoms with Crippen LogP contribution in [0, 0.1) is 12.8 Å². The van der Waals surface area contributed by atoms with Gasteiger partial charge in [-0.2, -0.15) is 0 Å². The molecule has 1 amide bonds. The second-order valence-corrected chi connectivity index (χ2v) is 15.8. The number of nitrogens with one attached hydrogen (secondary N) is 2. The van der Waals surface area contributed by atoms with Crippen LogP contribution in [0.25, 0.3) is 11.2 Å². The van der Waals surface area contributed by atoms with E-state index in [1.165, 1.54) is 19.2 Å². The lowest BCUT2D eigenvalue weighted by atomic mass is 9.86. The maximum atomic E-state index is 13.6. The Morgan fingerprint density at radius 3 is 2.41 bits per heavy atom. The molecule has 6 atom stereocenters. The fourth-order valence-corrected chi connectivity index (χ4v) is 9.03. The monoisotopic (exact) mass is 749 g/mol. The van der Waals surface area contributed by atoms with Crippen LogP contribution >= 0.6 is 0 Å². The van der Waals surface area contributed by atoms with Crippen molar-refractivity contribution in [2.45, 2.75) is 140 Å². The van der Waals surface area contributed by atoms with Gasteiger partial charge in [-0.3, -0.25) is 19.1 Å². The van der Waals surface area contributed by atoms with Gasteiger partial charge >= 0.3 is 0 Å². The summed E-state index contributed by atoms with van der Waals surface area (Å²) in [6.45, 7) is 7.36. The number of halogens is 2. The molecule has 0 radical (unpaired) electrons. The van der Waals surface area contributed by atoms with Crippen molar-refractivity contribution < 1.29 is 23.4 Å². The highest BCUT2D eigenvalue weighted by Gasteiger charge is 2.43. The van der Waals surface area contributed by atoms with E-state index in [4.69, 9.17) is 9.84 Å². The minimum absolute atomic E-state index is 0.0111. The molecule has 54 heavy (non-hydrogen) atoms. The van der Waals surface area contributed by atoms with Crippen LogP contribution in [0.1, 0.15) is 126 Å². The van der Waals surface area contributed by atoms with E-state index in [0.717, 1.165) is 55.9 Å². The Kier molecular flexibility index (Phi) is 11.6. The average Bonchev–Trinajstić information content (AvgIpc) is 3.95. The van der Waals surface area contributed by atoms with Gasteiger partial charge in [0.25, 0.3) is 5.56 Å². The van der Waals surface area contributed by atoms with E-state index in [-0.39, 0.29) is 68.0 Å². The largest absolute Gasteiger partial charge is 0.394 e. The number of H-pyrrole nitrogens is 1. The molecule has 0 spiro atoms. The number of ether oxygens (including phenoxy) is 1. The number of aromatic nitrogens is 7. The maximum Gasteiger partial charge on any atom is 0.278 e. The van der Waals surface area contributed by atoms with Crippen LogP contribution < -0.4 is 10.9 Å². The van der Waals surface area contributed by atoms with Crippen molar-refractivity contribution in [2.24, 2.45) is 5.92 Å². The summed E-state index contributed by atoms with van der Waals surface area (Å²) in [6, 6.07) is 11.5. The number of alkyl halides is 2. The number of aliphatic hydroxyl groups is 1. The number of imidazole rings is 1. The van der Waals surface area contributed by atoms with E-state index in [0.29, 0.717) is 35.2 Å². The third kappa shape index (κ3) is 8.27. The minimum atomic E-state index is -2.62. The number of nitrogens with zero attached hydrogens (tertiary/aromatic N) is 7. The molecule has 15 heteroatoms. The van der Waals surface area contributed by atoms with E-state index in [2.05, 4.69) is 72.8 Å². The van der Waals surface area contributed by atoms with Crippen molar-refractivity contribution >= 4 is 17.1 Å². The molecule has 4 fully saturated rings. The van der Waals surface area contributed by atoms with Crippen LogP contribution in [-0.4, -0.2) is 87.5 Å². The number of fused-ring (bicyclic) bond motifs is 3. The van der Waals surface area contributed by atoms with Crippen LogP contribution in [-0.2, 0) is 9.53 Å². The van der Waals surface area contributed by atoms with Gasteiger partial charge < -0.3 is 24.7 Å². The first kappa shape index (κ1) is 38.2. The Labute approximate surface area is 313 Å². The number of hydrogen-bond acceptors (Lipinski definition) is 9. The SMILES string of the molecule is Cc1nnc(C(C)C)n1C1C[C@H]2CC[C@@H](C1)N2CC[C@H](NC(=O)C1CCC(F)(F)CC1)c1ccccc1.O=c1[nH]cnc2c1ncn2[C@H]1CC[C@@H](CO)O1. The fraction of sp³-hybridized carbons (Fsp3) is 0.641. The Balaban J connectivity index is 0.000000219. The number of amides is 1. The normalized spacial score (nSPS) is 26.2. The summed E-state index contributed by atoms with van der Waals surface area (Å²) >= 11 is 0. The summed E-state index contributed by atoms with van der Waals surface area (Å²) in [5, 5.41) is 21.1. The van der Waals surface area contributed by atoms with Gasteiger partial charge in [0.05, 0.1) is 31.4 Å². The van der Waals surface area contributed by atoms with E-state index in [9.17, 15) is 18.4 Å². The Hall–Kier alpha value is -4.08. The standard InChI is InChI=1S/C29H41F2N5O.C10H12N4O3/c1-19(2)27-34-33-20(3)36(27)25-17-23-9-10-24(18-25)35(23)16-13-26(21-7-5-4-6-8-21)32-28(37)22-11-14-29(30,31)15-12-22;15-3-6-1-2-7(17-6)14-5-13-8-9(14)11-4-12-10(8)16/h4-8,19,22-26H,9-18H2,1-3H3,(H,32,37);4-7,15H,1-3H2,(H,11,12,16)/t23-,24+,25?,26-;6-,7+/m00/s1. The third-order valence-corrected chi connectivity index (χ3v) is 11.9. The van der Waals surface area contributed by atoms with Gasteiger partial charge in [-0.25, -0.2) is 18.7 Å². The first-order chi connectivity index (χ1) is 26.0. The number of rotatable bonds is 10. The van der Waals surface area contributed by atoms with Crippen molar-refractivity contribution in [1.82, 2.24) is 44.5 Å². The molecule has 13 nitrogen and oxygen atoms in total. The van der Waals surface area contributed by atoms with E-state index in [1.807, 2.05) is 18.2 Å². The molecular formula is C39H53F2N9O4. The van der Waals surface area contributed by atoms with E-state index < -0.39 is 5.92 Å². The number of piperidine rings is 1. The number of aromatic amines is 1. The lowest BCUT2D eigenvalue weighted by Gasteiger charge is -2.40. The first-order valence-electron chi connectivity index (χ1n) is 19.6. The highest BCUT2D eigenvalue weighted by Crippen LogP contribution is 2.43. The van der Waals surface area contributed by atoms with Crippen LogP contribution in [0.15, 0.2) is 47.8 Å². The van der Waals surface area contributed by atoms with Crippen molar-refractivity contribution in [3.05, 3.63) is 70.6 Å². The van der Waals surface area contributed by atoms with Gasteiger partial charge in [0.1, 0.15) is 17.9 Å². The number of carbonyl (C=O) groups excluding carboxylic acids is 1. The molecule has 3 saturated heterocycles. The predicted molar refractivity (Wildman–Crippen MR) is 198 cm³/mol. The second kappa shape index (κ2) is 16.3. The summed E-state index contributed by atoms with van der Waals surface area (Å²) in [5.41, 5.74) is 1.65. The van der Waals surface area contributed by atoms with Gasteiger partial charge in [0.2, 0.25) is 11.8 Å². The average molecular weight is 750 g/mol. The number of aliphatic hydroxyl groups excluding tert-OH is 1. The Bertz CT molecular complexity index is 1910. The predicted octanol–water partition coefficient (Wildman–Crippen LogP) is 5.74. The van der Waals surface area contributed by atoms with Crippen molar-refractivity contribution in [3.8, 4) is 0 Å². The fourth-order valence-electron chi connectivity index (χ4n) is 9.03. The highest BCUT2D eigenvalue weighted by atomic mass is 19.3. The van der Waals surface area contributed by atoms with Crippen molar-refractivity contribution in [2.75, 3.05) is 13.2 Å². The number of benzene rings is 1.